The molecule has 8 heteroatoms. The predicted molar refractivity (Wildman–Crippen MR) is 107 cm³/mol. The summed E-state index contributed by atoms with van der Waals surface area (Å²) in [5.41, 5.74) is 2.55. The summed E-state index contributed by atoms with van der Waals surface area (Å²) in [6.07, 6.45) is 3.84. The first-order valence-corrected chi connectivity index (χ1v) is 9.05. The topological polar surface area (TPSA) is 99.0 Å². The lowest BCUT2D eigenvalue weighted by Gasteiger charge is -2.07. The molecule has 3 aromatic rings. The van der Waals surface area contributed by atoms with Crippen LogP contribution in [0.3, 0.4) is 0 Å². The van der Waals surface area contributed by atoms with Crippen molar-refractivity contribution in [2.75, 3.05) is 7.11 Å². The molecular formula is C21H21N5O3. The summed E-state index contributed by atoms with van der Waals surface area (Å²) in [6, 6.07) is 13.9. The first kappa shape index (κ1) is 19.9. The molecule has 1 aromatic heterocycles. The van der Waals surface area contributed by atoms with E-state index in [1.807, 2.05) is 25.1 Å². The molecule has 29 heavy (non-hydrogen) atoms. The van der Waals surface area contributed by atoms with E-state index in [1.54, 1.807) is 42.5 Å². The minimum absolute atomic E-state index is 0.217. The molecule has 0 atom stereocenters. The average molecular weight is 391 g/mol. The van der Waals surface area contributed by atoms with Crippen molar-refractivity contribution in [3.05, 3.63) is 77.4 Å². The van der Waals surface area contributed by atoms with Crippen molar-refractivity contribution >= 4 is 11.9 Å². The number of rotatable bonds is 7. The number of hydrogen-bond acceptors (Lipinski definition) is 6. The summed E-state index contributed by atoms with van der Waals surface area (Å²) in [4.78, 5) is 25.5. The van der Waals surface area contributed by atoms with Crippen molar-refractivity contribution in [3.8, 4) is 11.4 Å². The number of ether oxygens (including phenoxy) is 1. The van der Waals surface area contributed by atoms with Crippen molar-refractivity contribution in [3.63, 3.8) is 0 Å². The third-order valence-corrected chi connectivity index (χ3v) is 4.17. The molecule has 1 N–H and O–H groups in total. The van der Waals surface area contributed by atoms with Crippen LogP contribution in [0.2, 0.25) is 0 Å². The van der Waals surface area contributed by atoms with E-state index < -0.39 is 5.97 Å². The Morgan fingerprint density at radius 2 is 1.93 bits per heavy atom. The molecule has 0 unspecified atom stereocenters. The van der Waals surface area contributed by atoms with Crippen LogP contribution in [0.15, 0.2) is 60.7 Å². The van der Waals surface area contributed by atoms with Crippen LogP contribution in [0.25, 0.3) is 11.4 Å². The highest BCUT2D eigenvalue weighted by molar-refractivity contribution is 5.95. The molecule has 148 valence electrons. The highest BCUT2D eigenvalue weighted by Crippen LogP contribution is 2.16. The molecule has 0 fully saturated rings. The van der Waals surface area contributed by atoms with E-state index in [0.717, 1.165) is 5.56 Å². The van der Waals surface area contributed by atoms with Gasteiger partial charge < -0.3 is 10.1 Å². The summed E-state index contributed by atoms with van der Waals surface area (Å²) in [7, 11) is 1.34. The molecule has 0 radical (unpaired) electrons. The van der Waals surface area contributed by atoms with Crippen LogP contribution < -0.4 is 5.32 Å². The first-order valence-electron chi connectivity index (χ1n) is 9.05. The number of carbonyl (C=O) groups is 2. The van der Waals surface area contributed by atoms with Crippen molar-refractivity contribution in [1.29, 1.82) is 0 Å². The van der Waals surface area contributed by atoms with Gasteiger partial charge in [-0.1, -0.05) is 36.4 Å². The lowest BCUT2D eigenvalue weighted by molar-refractivity contribution is 0.0600. The number of aromatic nitrogens is 4. The Bertz CT molecular complexity index is 1020. The fourth-order valence-electron chi connectivity index (χ4n) is 2.60. The van der Waals surface area contributed by atoms with E-state index in [2.05, 4.69) is 25.5 Å². The molecule has 0 saturated carbocycles. The zero-order chi connectivity index (χ0) is 20.6. The zero-order valence-electron chi connectivity index (χ0n) is 16.2. The number of tetrazole rings is 1. The summed E-state index contributed by atoms with van der Waals surface area (Å²) in [6.45, 7) is 2.80. The fourth-order valence-corrected chi connectivity index (χ4v) is 2.60. The molecule has 3 rings (SSSR count). The Morgan fingerprint density at radius 3 is 2.66 bits per heavy atom. The van der Waals surface area contributed by atoms with Crippen LogP contribution in [0.1, 0.15) is 33.2 Å². The number of nitrogens with one attached hydrogen (secondary N) is 1. The second-order valence-corrected chi connectivity index (χ2v) is 6.19. The number of esters is 1. The van der Waals surface area contributed by atoms with Crippen LogP contribution in [-0.4, -0.2) is 39.2 Å². The van der Waals surface area contributed by atoms with Gasteiger partial charge in [-0.3, -0.25) is 4.79 Å². The SMILES string of the molecule is C/C=C/Cn1nnc(-c2cccc(C(=O)NCc3ccc(C(=O)OC)cc3)c2)n1. The second-order valence-electron chi connectivity index (χ2n) is 6.19. The quantitative estimate of drug-likeness (QED) is 0.491. The lowest BCUT2D eigenvalue weighted by atomic mass is 10.1. The minimum atomic E-state index is -0.395. The van der Waals surface area contributed by atoms with Gasteiger partial charge >= 0.3 is 5.97 Å². The molecule has 1 amide bonds. The smallest absolute Gasteiger partial charge is 0.337 e. The summed E-state index contributed by atoms with van der Waals surface area (Å²) in [5, 5.41) is 15.2. The van der Waals surface area contributed by atoms with E-state index >= 15 is 0 Å². The molecule has 0 aliphatic heterocycles. The summed E-state index contributed by atoms with van der Waals surface area (Å²) in [5.74, 6) is -0.151. The molecule has 0 bridgehead atoms. The third kappa shape index (κ3) is 5.13. The molecule has 0 aliphatic rings. The van der Waals surface area contributed by atoms with E-state index in [-0.39, 0.29) is 5.91 Å². The number of nitrogens with zero attached hydrogens (tertiary/aromatic N) is 4. The standard InChI is InChI=1S/C21H21N5O3/c1-3-4-12-26-24-19(23-25-26)17-6-5-7-18(13-17)20(27)22-14-15-8-10-16(11-9-15)21(28)29-2/h3-11,13H,12,14H2,1-2H3,(H,22,27)/b4-3+. The number of hydrogen-bond donors (Lipinski definition) is 1. The minimum Gasteiger partial charge on any atom is -0.465 e. The fraction of sp³-hybridized carbons (Fsp3) is 0.190. The number of methoxy groups -OCH3 is 1. The van der Waals surface area contributed by atoms with Gasteiger partial charge in [0.15, 0.2) is 0 Å². The van der Waals surface area contributed by atoms with Gasteiger partial charge in [0.2, 0.25) is 5.82 Å². The van der Waals surface area contributed by atoms with Crippen LogP contribution in [0.5, 0.6) is 0 Å². The van der Waals surface area contributed by atoms with E-state index in [1.165, 1.54) is 11.9 Å². The highest BCUT2D eigenvalue weighted by Gasteiger charge is 2.11. The number of allylic oxidation sites excluding steroid dienone is 2. The van der Waals surface area contributed by atoms with Gasteiger partial charge in [-0.15, -0.1) is 10.2 Å². The van der Waals surface area contributed by atoms with Crippen molar-refractivity contribution < 1.29 is 14.3 Å². The summed E-state index contributed by atoms with van der Waals surface area (Å²) < 4.78 is 4.67. The van der Waals surface area contributed by atoms with Crippen molar-refractivity contribution in [2.45, 2.75) is 20.0 Å². The monoisotopic (exact) mass is 391 g/mol. The van der Waals surface area contributed by atoms with E-state index in [9.17, 15) is 9.59 Å². The molecule has 2 aromatic carbocycles. The molecule has 0 aliphatic carbocycles. The predicted octanol–water partition coefficient (Wildman–Crippen LogP) is 2.63. The van der Waals surface area contributed by atoms with Gasteiger partial charge in [0, 0.05) is 17.7 Å². The van der Waals surface area contributed by atoms with Crippen LogP contribution >= 0.6 is 0 Å². The van der Waals surface area contributed by atoms with Crippen LogP contribution in [0, 0.1) is 0 Å². The lowest BCUT2D eigenvalue weighted by Crippen LogP contribution is -2.22. The van der Waals surface area contributed by atoms with Gasteiger partial charge in [0.1, 0.15) is 0 Å². The van der Waals surface area contributed by atoms with Crippen LogP contribution in [-0.2, 0) is 17.8 Å². The van der Waals surface area contributed by atoms with Gasteiger partial charge in [-0.25, -0.2) is 4.79 Å². The zero-order valence-corrected chi connectivity index (χ0v) is 16.2. The number of carbonyl (C=O) groups excluding carboxylic acids is 2. The maximum atomic E-state index is 12.5. The molecule has 0 spiro atoms. The Hall–Kier alpha value is -3.81. The first-order chi connectivity index (χ1) is 14.1. The van der Waals surface area contributed by atoms with E-state index in [4.69, 9.17) is 0 Å². The van der Waals surface area contributed by atoms with Gasteiger partial charge in [0.25, 0.3) is 5.91 Å². The highest BCUT2D eigenvalue weighted by atomic mass is 16.5. The molecule has 8 nitrogen and oxygen atoms in total. The Labute approximate surface area is 168 Å². The third-order valence-electron chi connectivity index (χ3n) is 4.17. The largest absolute Gasteiger partial charge is 0.465 e. The Balaban J connectivity index is 1.65. The Morgan fingerprint density at radius 1 is 1.14 bits per heavy atom. The normalized spacial score (nSPS) is 10.8. The Kier molecular flexibility index (Phi) is 6.47. The van der Waals surface area contributed by atoms with Gasteiger partial charge in [-0.2, -0.15) is 4.80 Å². The van der Waals surface area contributed by atoms with Gasteiger partial charge in [-0.05, 0) is 42.0 Å². The van der Waals surface area contributed by atoms with E-state index in [0.29, 0.717) is 35.6 Å². The summed E-state index contributed by atoms with van der Waals surface area (Å²) >= 11 is 0. The number of benzene rings is 2. The second kappa shape index (κ2) is 9.41. The maximum absolute atomic E-state index is 12.5. The molecule has 1 heterocycles. The van der Waals surface area contributed by atoms with Crippen molar-refractivity contribution in [1.82, 2.24) is 25.5 Å². The van der Waals surface area contributed by atoms with Crippen LogP contribution in [0.4, 0.5) is 0 Å². The molecular weight excluding hydrogens is 370 g/mol. The maximum Gasteiger partial charge on any atom is 0.337 e. The average Bonchev–Trinajstić information content (AvgIpc) is 3.25. The number of amides is 1. The van der Waals surface area contributed by atoms with Crippen molar-refractivity contribution in [2.24, 2.45) is 0 Å². The molecule has 0 saturated heterocycles. The van der Waals surface area contributed by atoms with Gasteiger partial charge in [0.05, 0.1) is 19.2 Å².